The van der Waals surface area contributed by atoms with Gasteiger partial charge in [-0.15, -0.1) is 0 Å². The van der Waals surface area contributed by atoms with E-state index in [0.29, 0.717) is 24.5 Å². The Kier molecular flexibility index (Phi) is 5.19. The summed E-state index contributed by atoms with van der Waals surface area (Å²) in [7, 11) is -1.98. The molecule has 0 radical (unpaired) electrons. The van der Waals surface area contributed by atoms with Gasteiger partial charge in [0.2, 0.25) is 10.0 Å². The van der Waals surface area contributed by atoms with E-state index in [1.165, 1.54) is 21.1 Å². The smallest absolute Gasteiger partial charge is 0.355 e. The van der Waals surface area contributed by atoms with Gasteiger partial charge >= 0.3 is 5.97 Å². The fraction of sp³-hybridized carbons (Fsp3) is 0.529. The first kappa shape index (κ1) is 18.7. The van der Waals surface area contributed by atoms with E-state index in [1.807, 2.05) is 0 Å². The van der Waals surface area contributed by atoms with E-state index < -0.39 is 22.1 Å². The Morgan fingerprint density at radius 1 is 1.27 bits per heavy atom. The summed E-state index contributed by atoms with van der Waals surface area (Å²) < 4.78 is 38.8. The molecule has 142 valence electrons. The van der Waals surface area contributed by atoms with Crippen molar-refractivity contribution in [3.05, 3.63) is 35.5 Å². The van der Waals surface area contributed by atoms with Crippen LogP contribution in [0.15, 0.2) is 27.7 Å². The Hall–Kier alpha value is -2.13. The number of piperidine rings is 1. The van der Waals surface area contributed by atoms with Crippen molar-refractivity contribution in [2.45, 2.75) is 44.1 Å². The lowest BCUT2D eigenvalue weighted by Gasteiger charge is -2.25. The van der Waals surface area contributed by atoms with E-state index in [0.717, 1.165) is 19.3 Å². The molecule has 0 aliphatic carbocycles. The van der Waals surface area contributed by atoms with E-state index in [1.54, 1.807) is 27.0 Å². The first-order valence-electron chi connectivity index (χ1n) is 8.60. The van der Waals surface area contributed by atoms with Gasteiger partial charge in [0.1, 0.15) is 28.1 Å². The molecule has 3 heterocycles. The summed E-state index contributed by atoms with van der Waals surface area (Å²) >= 11 is 0. The number of ether oxygens (including phenoxy) is 1. The van der Waals surface area contributed by atoms with Crippen LogP contribution < -0.4 is 0 Å². The topological polar surface area (TPSA) is 94.6 Å². The maximum Gasteiger partial charge on any atom is 0.355 e. The molecule has 0 N–H and O–H groups in total. The maximum atomic E-state index is 12.8. The Balaban J connectivity index is 1.78. The zero-order chi connectivity index (χ0) is 18.9. The highest BCUT2D eigenvalue weighted by Crippen LogP contribution is 2.24. The number of aryl methyl sites for hydroxylation is 2. The van der Waals surface area contributed by atoms with Crippen molar-refractivity contribution in [1.82, 2.24) is 14.0 Å². The number of carbonyl (C=O) groups excluding carboxylic acids is 1. The van der Waals surface area contributed by atoms with Gasteiger partial charge in [0, 0.05) is 32.4 Å². The van der Waals surface area contributed by atoms with Gasteiger partial charge in [0.25, 0.3) is 0 Å². The predicted molar refractivity (Wildman–Crippen MR) is 93.1 cm³/mol. The molecule has 1 fully saturated rings. The van der Waals surface area contributed by atoms with Crippen molar-refractivity contribution in [2.24, 2.45) is 7.05 Å². The summed E-state index contributed by atoms with van der Waals surface area (Å²) in [5.41, 5.74) is 0.680. The average molecular weight is 381 g/mol. The lowest BCUT2D eigenvalue weighted by atomic mass is 10.2. The summed E-state index contributed by atoms with van der Waals surface area (Å²) in [5, 5.41) is 3.83. The Labute approximate surface area is 152 Å². The Bertz CT molecular complexity index is 893. The standard InChI is InChI=1S/C17H23N3O5S/c1-12-9-15(18-25-12)13(2)24-17(21)16-10-14(11-19(16)3)26(22,23)20-7-5-4-6-8-20/h9-11,13H,4-8H2,1-3H3. The highest BCUT2D eigenvalue weighted by atomic mass is 32.2. The first-order chi connectivity index (χ1) is 12.3. The van der Waals surface area contributed by atoms with Crippen molar-refractivity contribution in [2.75, 3.05) is 13.1 Å². The minimum atomic E-state index is -3.60. The SMILES string of the molecule is Cc1cc(C(C)OC(=O)c2cc(S(=O)(=O)N3CCCCC3)cn2C)no1. The number of nitrogens with zero attached hydrogens (tertiary/aromatic N) is 3. The average Bonchev–Trinajstić information content (AvgIpc) is 3.22. The lowest BCUT2D eigenvalue weighted by molar-refractivity contribution is 0.0312. The van der Waals surface area contributed by atoms with Crippen LogP contribution >= 0.6 is 0 Å². The van der Waals surface area contributed by atoms with Crippen molar-refractivity contribution in [3.8, 4) is 0 Å². The minimum absolute atomic E-state index is 0.110. The largest absolute Gasteiger partial charge is 0.451 e. The fourth-order valence-electron chi connectivity index (χ4n) is 2.99. The minimum Gasteiger partial charge on any atom is -0.451 e. The fourth-order valence-corrected chi connectivity index (χ4v) is 4.58. The van der Waals surface area contributed by atoms with E-state index in [4.69, 9.17) is 9.26 Å². The van der Waals surface area contributed by atoms with Gasteiger partial charge in [-0.05, 0) is 32.8 Å². The number of hydrogen-bond donors (Lipinski definition) is 0. The van der Waals surface area contributed by atoms with E-state index in [-0.39, 0.29) is 10.6 Å². The van der Waals surface area contributed by atoms with E-state index in [2.05, 4.69) is 5.16 Å². The van der Waals surface area contributed by atoms with Gasteiger partial charge in [0.15, 0.2) is 0 Å². The number of sulfonamides is 1. The van der Waals surface area contributed by atoms with Crippen molar-refractivity contribution >= 4 is 16.0 Å². The molecule has 1 aliphatic heterocycles. The van der Waals surface area contributed by atoms with Crippen molar-refractivity contribution in [1.29, 1.82) is 0 Å². The molecular formula is C17H23N3O5S. The number of aromatic nitrogens is 2. The van der Waals surface area contributed by atoms with Crippen LogP contribution in [-0.4, -0.2) is 41.5 Å². The highest BCUT2D eigenvalue weighted by Gasteiger charge is 2.29. The van der Waals surface area contributed by atoms with Crippen LogP contribution in [-0.2, 0) is 21.8 Å². The van der Waals surface area contributed by atoms with Crippen LogP contribution in [0.25, 0.3) is 0 Å². The van der Waals surface area contributed by atoms with Crippen LogP contribution in [0.3, 0.4) is 0 Å². The molecule has 1 unspecified atom stereocenters. The highest BCUT2D eigenvalue weighted by molar-refractivity contribution is 7.89. The zero-order valence-electron chi connectivity index (χ0n) is 15.1. The van der Waals surface area contributed by atoms with Crippen molar-refractivity contribution < 1.29 is 22.5 Å². The number of hydrogen-bond acceptors (Lipinski definition) is 6. The predicted octanol–water partition coefficient (Wildman–Crippen LogP) is 2.41. The third-order valence-electron chi connectivity index (χ3n) is 4.49. The molecule has 0 spiro atoms. The molecule has 1 saturated heterocycles. The van der Waals surface area contributed by atoms with Gasteiger partial charge in [-0.3, -0.25) is 0 Å². The van der Waals surface area contributed by atoms with Crippen molar-refractivity contribution in [3.63, 3.8) is 0 Å². The third-order valence-corrected chi connectivity index (χ3v) is 6.35. The van der Waals surface area contributed by atoms with Crippen LogP contribution in [0.1, 0.15) is 54.2 Å². The molecule has 9 heteroatoms. The van der Waals surface area contributed by atoms with Gasteiger partial charge in [0.05, 0.1) is 0 Å². The molecule has 3 rings (SSSR count). The Morgan fingerprint density at radius 3 is 2.58 bits per heavy atom. The normalized spacial score (nSPS) is 17.2. The van der Waals surface area contributed by atoms with Crippen LogP contribution in [0.4, 0.5) is 0 Å². The number of rotatable bonds is 5. The molecule has 1 aliphatic rings. The van der Waals surface area contributed by atoms with Gasteiger partial charge in [-0.1, -0.05) is 11.6 Å². The number of carbonyl (C=O) groups is 1. The second kappa shape index (κ2) is 7.24. The lowest BCUT2D eigenvalue weighted by Crippen LogP contribution is -2.35. The zero-order valence-corrected chi connectivity index (χ0v) is 16.0. The summed E-state index contributed by atoms with van der Waals surface area (Å²) in [4.78, 5) is 12.6. The summed E-state index contributed by atoms with van der Waals surface area (Å²) in [5.74, 6) is 0.0115. The van der Waals surface area contributed by atoms with Gasteiger partial charge in [-0.25, -0.2) is 13.2 Å². The molecular weight excluding hydrogens is 358 g/mol. The molecule has 0 aromatic carbocycles. The van der Waals surface area contributed by atoms with E-state index >= 15 is 0 Å². The van der Waals surface area contributed by atoms with Crippen LogP contribution in [0, 0.1) is 6.92 Å². The van der Waals surface area contributed by atoms with Crippen LogP contribution in [0.5, 0.6) is 0 Å². The second-order valence-corrected chi connectivity index (χ2v) is 8.48. The van der Waals surface area contributed by atoms with Gasteiger partial charge < -0.3 is 13.8 Å². The third kappa shape index (κ3) is 3.68. The van der Waals surface area contributed by atoms with Gasteiger partial charge in [-0.2, -0.15) is 4.31 Å². The molecule has 8 nitrogen and oxygen atoms in total. The summed E-state index contributed by atoms with van der Waals surface area (Å²) in [6.07, 6.45) is 3.60. The quantitative estimate of drug-likeness (QED) is 0.738. The molecule has 2 aromatic heterocycles. The molecule has 1 atom stereocenters. The second-order valence-electron chi connectivity index (χ2n) is 6.55. The first-order valence-corrected chi connectivity index (χ1v) is 10.0. The van der Waals surface area contributed by atoms with E-state index in [9.17, 15) is 13.2 Å². The Morgan fingerprint density at radius 2 is 1.96 bits per heavy atom. The van der Waals surface area contributed by atoms with Crippen LogP contribution in [0.2, 0.25) is 0 Å². The molecule has 2 aromatic rings. The molecule has 0 saturated carbocycles. The summed E-state index contributed by atoms with van der Waals surface area (Å²) in [6.45, 7) is 4.46. The molecule has 26 heavy (non-hydrogen) atoms. The number of esters is 1. The summed E-state index contributed by atoms with van der Waals surface area (Å²) in [6, 6.07) is 3.06. The molecule has 0 amide bonds. The molecule has 0 bridgehead atoms. The maximum absolute atomic E-state index is 12.8. The monoisotopic (exact) mass is 381 g/mol.